The SMILES string of the molecule is C/C(N)=C/N(N)c1nc(N)nc2[nH]ncc12. The molecule has 8 heteroatoms. The van der Waals surface area contributed by atoms with Crippen LogP contribution in [0.2, 0.25) is 0 Å². The van der Waals surface area contributed by atoms with Crippen LogP contribution in [0.4, 0.5) is 11.8 Å². The predicted molar refractivity (Wildman–Crippen MR) is 60.7 cm³/mol. The van der Waals surface area contributed by atoms with E-state index in [1.54, 1.807) is 13.1 Å². The second-order valence-corrected chi connectivity index (χ2v) is 3.32. The van der Waals surface area contributed by atoms with Gasteiger partial charge in [0.1, 0.15) is 0 Å². The average Bonchev–Trinajstić information content (AvgIpc) is 2.62. The molecular formula is C8H12N8. The topological polar surface area (TPSA) is 136 Å². The van der Waals surface area contributed by atoms with Crippen molar-refractivity contribution in [3.63, 3.8) is 0 Å². The molecular weight excluding hydrogens is 208 g/mol. The number of nitrogens with zero attached hydrogens (tertiary/aromatic N) is 4. The summed E-state index contributed by atoms with van der Waals surface area (Å²) in [6, 6.07) is 0. The molecule has 0 aliphatic heterocycles. The highest BCUT2D eigenvalue weighted by molar-refractivity contribution is 5.87. The zero-order chi connectivity index (χ0) is 11.7. The molecule has 0 aromatic carbocycles. The second kappa shape index (κ2) is 3.66. The van der Waals surface area contributed by atoms with Crippen molar-refractivity contribution in [3.8, 4) is 0 Å². The van der Waals surface area contributed by atoms with E-state index in [-0.39, 0.29) is 5.95 Å². The minimum absolute atomic E-state index is 0.116. The molecule has 0 saturated heterocycles. The third kappa shape index (κ3) is 1.73. The van der Waals surface area contributed by atoms with E-state index < -0.39 is 0 Å². The lowest BCUT2D eigenvalue weighted by molar-refractivity contribution is 1.01. The number of fused-ring (bicyclic) bond motifs is 1. The molecule has 2 heterocycles. The van der Waals surface area contributed by atoms with Gasteiger partial charge in [0.05, 0.1) is 11.6 Å². The smallest absolute Gasteiger partial charge is 0.224 e. The van der Waals surface area contributed by atoms with Gasteiger partial charge < -0.3 is 11.5 Å². The molecule has 0 saturated carbocycles. The van der Waals surface area contributed by atoms with Crippen molar-refractivity contribution in [1.29, 1.82) is 0 Å². The van der Waals surface area contributed by atoms with Crippen LogP contribution in [0.3, 0.4) is 0 Å². The molecule has 0 fully saturated rings. The van der Waals surface area contributed by atoms with Gasteiger partial charge in [-0.1, -0.05) is 0 Å². The van der Waals surface area contributed by atoms with Crippen LogP contribution in [0.25, 0.3) is 11.0 Å². The fourth-order valence-corrected chi connectivity index (χ4v) is 1.31. The van der Waals surface area contributed by atoms with Gasteiger partial charge in [-0.15, -0.1) is 0 Å². The van der Waals surface area contributed by atoms with E-state index in [4.69, 9.17) is 17.3 Å². The van der Waals surface area contributed by atoms with Crippen LogP contribution in [-0.4, -0.2) is 20.2 Å². The Morgan fingerprint density at radius 1 is 1.50 bits per heavy atom. The minimum atomic E-state index is 0.116. The second-order valence-electron chi connectivity index (χ2n) is 3.32. The van der Waals surface area contributed by atoms with Crippen LogP contribution in [0.1, 0.15) is 6.92 Å². The Labute approximate surface area is 91.1 Å². The molecule has 0 unspecified atom stereocenters. The van der Waals surface area contributed by atoms with Gasteiger partial charge >= 0.3 is 0 Å². The molecule has 7 N–H and O–H groups in total. The van der Waals surface area contributed by atoms with E-state index in [1.165, 1.54) is 11.2 Å². The van der Waals surface area contributed by atoms with Gasteiger partial charge in [-0.25, -0.2) is 5.84 Å². The summed E-state index contributed by atoms with van der Waals surface area (Å²) in [6.45, 7) is 1.72. The maximum atomic E-state index is 5.78. The monoisotopic (exact) mass is 220 g/mol. The standard InChI is InChI=1S/C8H12N8/c1-4(9)3-16(11)7-5-2-12-15-6(5)13-8(10)14-7/h2-3H,9,11H2,1H3,(H3,10,12,13,14,15)/b4-3-. The summed E-state index contributed by atoms with van der Waals surface area (Å²) in [4.78, 5) is 8.01. The molecule has 0 aliphatic carbocycles. The van der Waals surface area contributed by atoms with Crippen LogP contribution in [0.5, 0.6) is 0 Å². The first kappa shape index (κ1) is 10.2. The third-order valence-corrected chi connectivity index (χ3v) is 1.89. The molecule has 8 nitrogen and oxygen atoms in total. The van der Waals surface area contributed by atoms with Crippen molar-refractivity contribution in [2.45, 2.75) is 6.92 Å². The lowest BCUT2D eigenvalue weighted by Crippen LogP contribution is -2.27. The number of allylic oxidation sites excluding steroid dienone is 1. The van der Waals surface area contributed by atoms with Crippen molar-refractivity contribution in [1.82, 2.24) is 20.2 Å². The number of aromatic amines is 1. The number of rotatable bonds is 2. The zero-order valence-electron chi connectivity index (χ0n) is 8.68. The van der Waals surface area contributed by atoms with E-state index in [2.05, 4.69) is 20.2 Å². The highest BCUT2D eigenvalue weighted by atomic mass is 15.4. The van der Waals surface area contributed by atoms with Crippen LogP contribution in [0, 0.1) is 0 Å². The Morgan fingerprint density at radius 3 is 2.94 bits per heavy atom. The number of hydrogen-bond donors (Lipinski definition) is 4. The normalized spacial score (nSPS) is 12.0. The van der Waals surface area contributed by atoms with Gasteiger partial charge in [0.15, 0.2) is 11.5 Å². The van der Waals surface area contributed by atoms with Gasteiger partial charge in [-0.2, -0.15) is 15.1 Å². The largest absolute Gasteiger partial charge is 0.401 e. The van der Waals surface area contributed by atoms with Crippen LogP contribution in [-0.2, 0) is 0 Å². The summed E-state index contributed by atoms with van der Waals surface area (Å²) in [5, 5.41) is 8.50. The van der Waals surface area contributed by atoms with Crippen molar-refractivity contribution in [2.75, 3.05) is 10.7 Å². The quantitative estimate of drug-likeness (QED) is 0.393. The van der Waals surface area contributed by atoms with Crippen molar-refractivity contribution in [2.24, 2.45) is 11.6 Å². The Hall–Kier alpha value is -2.35. The number of hydrogen-bond acceptors (Lipinski definition) is 7. The molecule has 84 valence electrons. The fourth-order valence-electron chi connectivity index (χ4n) is 1.31. The average molecular weight is 220 g/mol. The molecule has 0 atom stereocenters. The first-order chi connectivity index (χ1) is 7.58. The number of H-pyrrole nitrogens is 1. The van der Waals surface area contributed by atoms with Crippen LogP contribution in [0.15, 0.2) is 18.1 Å². The van der Waals surface area contributed by atoms with E-state index in [0.29, 0.717) is 22.5 Å². The van der Waals surface area contributed by atoms with E-state index in [9.17, 15) is 0 Å². The lowest BCUT2D eigenvalue weighted by atomic mass is 10.4. The Bertz CT molecular complexity index is 538. The third-order valence-electron chi connectivity index (χ3n) is 1.89. The Balaban J connectivity index is 2.58. The number of aromatic nitrogens is 4. The lowest BCUT2D eigenvalue weighted by Gasteiger charge is -2.13. The molecule has 2 aromatic rings. The van der Waals surface area contributed by atoms with Crippen molar-refractivity contribution < 1.29 is 0 Å². The van der Waals surface area contributed by atoms with E-state index >= 15 is 0 Å². The number of nitrogens with one attached hydrogen (secondary N) is 1. The Kier molecular flexibility index (Phi) is 2.33. The van der Waals surface area contributed by atoms with Gasteiger partial charge in [0.25, 0.3) is 0 Å². The van der Waals surface area contributed by atoms with E-state index in [1.807, 2.05) is 0 Å². The van der Waals surface area contributed by atoms with Crippen LogP contribution < -0.4 is 22.3 Å². The molecule has 0 aliphatic rings. The van der Waals surface area contributed by atoms with Crippen LogP contribution >= 0.6 is 0 Å². The summed E-state index contributed by atoms with van der Waals surface area (Å²) in [5.41, 5.74) is 12.2. The Morgan fingerprint density at radius 2 is 2.25 bits per heavy atom. The molecule has 0 bridgehead atoms. The molecule has 0 amide bonds. The summed E-state index contributed by atoms with van der Waals surface area (Å²) in [6.07, 6.45) is 3.11. The first-order valence-electron chi connectivity index (χ1n) is 4.52. The molecule has 2 aromatic heterocycles. The van der Waals surface area contributed by atoms with Crippen molar-refractivity contribution in [3.05, 3.63) is 18.1 Å². The fraction of sp³-hybridized carbons (Fsp3) is 0.125. The summed E-state index contributed by atoms with van der Waals surface area (Å²) in [5.74, 6) is 6.34. The van der Waals surface area contributed by atoms with Gasteiger partial charge in [0, 0.05) is 11.9 Å². The number of anilines is 2. The highest BCUT2D eigenvalue weighted by Gasteiger charge is 2.11. The minimum Gasteiger partial charge on any atom is -0.401 e. The summed E-state index contributed by atoms with van der Waals surface area (Å²) >= 11 is 0. The molecule has 2 rings (SSSR count). The molecule has 0 radical (unpaired) electrons. The number of nitrogen functional groups attached to an aromatic ring is 1. The first-order valence-corrected chi connectivity index (χ1v) is 4.52. The molecule has 0 spiro atoms. The van der Waals surface area contributed by atoms with Gasteiger partial charge in [-0.3, -0.25) is 10.1 Å². The van der Waals surface area contributed by atoms with Gasteiger partial charge in [0.2, 0.25) is 5.95 Å². The highest BCUT2D eigenvalue weighted by Crippen LogP contribution is 2.21. The van der Waals surface area contributed by atoms with Gasteiger partial charge in [-0.05, 0) is 6.92 Å². The predicted octanol–water partition coefficient (Wildman–Crippen LogP) is -0.565. The summed E-state index contributed by atoms with van der Waals surface area (Å²) in [7, 11) is 0. The molecule has 16 heavy (non-hydrogen) atoms. The number of hydrazine groups is 1. The van der Waals surface area contributed by atoms with E-state index in [0.717, 1.165) is 0 Å². The zero-order valence-corrected chi connectivity index (χ0v) is 8.68. The summed E-state index contributed by atoms with van der Waals surface area (Å²) < 4.78 is 0. The maximum absolute atomic E-state index is 5.78. The maximum Gasteiger partial charge on any atom is 0.224 e. The van der Waals surface area contributed by atoms with Crippen molar-refractivity contribution >= 4 is 22.8 Å². The number of nitrogens with two attached hydrogens (primary N) is 3.